The van der Waals surface area contributed by atoms with Crippen molar-refractivity contribution in [2.45, 2.75) is 38.5 Å². The highest BCUT2D eigenvalue weighted by Gasteiger charge is 2.27. The number of hydrogen-bond donors (Lipinski definition) is 1. The number of piperidine rings is 1. The van der Waals surface area contributed by atoms with Crippen LogP contribution in [0.15, 0.2) is 36.7 Å². The number of nitrogens with one attached hydrogen (secondary N) is 1. The van der Waals surface area contributed by atoms with E-state index in [0.29, 0.717) is 25.3 Å². The summed E-state index contributed by atoms with van der Waals surface area (Å²) in [4.78, 5) is 26.7. The van der Waals surface area contributed by atoms with Crippen LogP contribution in [-0.2, 0) is 23.2 Å². The average Bonchev–Trinajstić information content (AvgIpc) is 3.18. The van der Waals surface area contributed by atoms with Gasteiger partial charge in [0.05, 0.1) is 25.5 Å². The zero-order valence-electron chi connectivity index (χ0n) is 17.1. The van der Waals surface area contributed by atoms with Crippen LogP contribution in [0, 0.1) is 0 Å². The Bertz CT molecular complexity index is 843. The van der Waals surface area contributed by atoms with E-state index >= 15 is 0 Å². The first-order chi connectivity index (χ1) is 14.0. The largest absolute Gasteiger partial charge is 0.497 e. The predicted octanol–water partition coefficient (Wildman–Crippen LogP) is 1.75. The van der Waals surface area contributed by atoms with E-state index in [4.69, 9.17) is 9.47 Å². The van der Waals surface area contributed by atoms with Crippen molar-refractivity contribution in [1.29, 1.82) is 0 Å². The Hall–Kier alpha value is -2.87. The molecule has 2 amide bonds. The van der Waals surface area contributed by atoms with Crippen molar-refractivity contribution in [2.75, 3.05) is 20.2 Å². The molecular formula is C21H28N4O4. The lowest BCUT2D eigenvalue weighted by atomic mass is 10.0. The second-order valence-corrected chi connectivity index (χ2v) is 7.28. The monoisotopic (exact) mass is 400 g/mol. The SMILES string of the molecule is COc1cccc(CO[C@H](C)C(=O)N2CCC(NC(=O)c3cnn(C)c3)CC2)c1. The molecule has 2 heterocycles. The number of nitrogens with zero attached hydrogens (tertiary/aromatic N) is 3. The van der Waals surface area contributed by atoms with E-state index in [1.807, 2.05) is 29.2 Å². The summed E-state index contributed by atoms with van der Waals surface area (Å²) in [5.41, 5.74) is 1.51. The minimum Gasteiger partial charge on any atom is -0.497 e. The van der Waals surface area contributed by atoms with Gasteiger partial charge in [-0.15, -0.1) is 0 Å². The number of ether oxygens (including phenoxy) is 2. The van der Waals surface area contributed by atoms with E-state index in [-0.39, 0.29) is 17.9 Å². The third-order valence-corrected chi connectivity index (χ3v) is 5.09. The maximum atomic E-state index is 12.7. The summed E-state index contributed by atoms with van der Waals surface area (Å²) < 4.78 is 12.6. The molecule has 1 N–H and O–H groups in total. The third kappa shape index (κ3) is 5.57. The van der Waals surface area contributed by atoms with Gasteiger partial charge in [0.15, 0.2) is 0 Å². The number of aromatic nitrogens is 2. The highest BCUT2D eigenvalue weighted by molar-refractivity contribution is 5.93. The highest BCUT2D eigenvalue weighted by atomic mass is 16.5. The Morgan fingerprint density at radius 1 is 1.31 bits per heavy atom. The van der Waals surface area contributed by atoms with Gasteiger partial charge in [0.25, 0.3) is 11.8 Å². The first-order valence-corrected chi connectivity index (χ1v) is 9.79. The molecule has 29 heavy (non-hydrogen) atoms. The fourth-order valence-electron chi connectivity index (χ4n) is 3.36. The molecule has 1 saturated heterocycles. The number of amides is 2. The molecule has 1 aliphatic rings. The summed E-state index contributed by atoms with van der Waals surface area (Å²) in [6.07, 6.45) is 4.16. The van der Waals surface area contributed by atoms with Gasteiger partial charge in [-0.1, -0.05) is 12.1 Å². The smallest absolute Gasteiger partial charge is 0.254 e. The van der Waals surface area contributed by atoms with Crippen molar-refractivity contribution in [1.82, 2.24) is 20.0 Å². The van der Waals surface area contributed by atoms with Crippen molar-refractivity contribution in [3.8, 4) is 5.75 Å². The zero-order chi connectivity index (χ0) is 20.8. The minimum absolute atomic E-state index is 0.0232. The molecule has 0 aliphatic carbocycles. The molecule has 1 aliphatic heterocycles. The molecular weight excluding hydrogens is 372 g/mol. The molecule has 1 atom stereocenters. The average molecular weight is 400 g/mol. The van der Waals surface area contributed by atoms with Gasteiger partial charge in [-0.2, -0.15) is 5.10 Å². The normalized spacial score (nSPS) is 15.8. The number of likely N-dealkylation sites (tertiary alicyclic amines) is 1. The highest BCUT2D eigenvalue weighted by Crippen LogP contribution is 2.16. The second kappa shape index (κ2) is 9.56. The van der Waals surface area contributed by atoms with E-state index in [2.05, 4.69) is 10.4 Å². The molecule has 1 fully saturated rings. The molecule has 8 heteroatoms. The van der Waals surface area contributed by atoms with Crippen LogP contribution in [0.4, 0.5) is 0 Å². The molecule has 2 aromatic rings. The fraction of sp³-hybridized carbons (Fsp3) is 0.476. The van der Waals surface area contributed by atoms with E-state index < -0.39 is 6.10 Å². The lowest BCUT2D eigenvalue weighted by molar-refractivity contribution is -0.144. The van der Waals surface area contributed by atoms with Crippen LogP contribution >= 0.6 is 0 Å². The molecule has 0 spiro atoms. The minimum atomic E-state index is -0.525. The van der Waals surface area contributed by atoms with Crippen molar-refractivity contribution in [3.63, 3.8) is 0 Å². The summed E-state index contributed by atoms with van der Waals surface area (Å²) in [5.74, 6) is 0.614. The number of carbonyl (C=O) groups is 2. The molecule has 0 radical (unpaired) electrons. The molecule has 156 valence electrons. The Balaban J connectivity index is 1.43. The number of carbonyl (C=O) groups excluding carboxylic acids is 2. The quantitative estimate of drug-likeness (QED) is 0.765. The fourth-order valence-corrected chi connectivity index (χ4v) is 3.36. The molecule has 0 unspecified atom stereocenters. The van der Waals surface area contributed by atoms with Gasteiger partial charge in [-0.05, 0) is 37.5 Å². The standard InChI is InChI=1S/C21H28N4O4/c1-15(29-14-16-5-4-6-19(11-16)28-3)21(27)25-9-7-18(8-10-25)23-20(26)17-12-22-24(2)13-17/h4-6,11-13,15,18H,7-10,14H2,1-3H3,(H,23,26)/t15-/m1/s1. The Labute approximate surface area is 170 Å². The van der Waals surface area contributed by atoms with Crippen LogP contribution < -0.4 is 10.1 Å². The Morgan fingerprint density at radius 3 is 2.72 bits per heavy atom. The summed E-state index contributed by atoms with van der Waals surface area (Å²) in [5, 5.41) is 7.04. The van der Waals surface area contributed by atoms with E-state index in [1.165, 1.54) is 0 Å². The maximum Gasteiger partial charge on any atom is 0.254 e. The van der Waals surface area contributed by atoms with Crippen molar-refractivity contribution >= 4 is 11.8 Å². The second-order valence-electron chi connectivity index (χ2n) is 7.28. The van der Waals surface area contributed by atoms with Gasteiger partial charge >= 0.3 is 0 Å². The number of aryl methyl sites for hydroxylation is 1. The maximum absolute atomic E-state index is 12.7. The number of hydrogen-bond acceptors (Lipinski definition) is 5. The Morgan fingerprint density at radius 2 is 2.07 bits per heavy atom. The molecule has 3 rings (SSSR count). The van der Waals surface area contributed by atoms with Gasteiger partial charge in [0.1, 0.15) is 11.9 Å². The van der Waals surface area contributed by atoms with E-state index in [9.17, 15) is 9.59 Å². The predicted molar refractivity (Wildman–Crippen MR) is 108 cm³/mol. The summed E-state index contributed by atoms with van der Waals surface area (Å²) >= 11 is 0. The van der Waals surface area contributed by atoms with E-state index in [0.717, 1.165) is 24.2 Å². The van der Waals surface area contributed by atoms with Crippen LogP contribution in [0.25, 0.3) is 0 Å². The van der Waals surface area contributed by atoms with Gasteiger partial charge in [0, 0.05) is 32.4 Å². The number of benzene rings is 1. The molecule has 0 saturated carbocycles. The van der Waals surface area contributed by atoms with Gasteiger partial charge in [0.2, 0.25) is 0 Å². The zero-order valence-corrected chi connectivity index (χ0v) is 17.1. The Kier molecular flexibility index (Phi) is 6.87. The van der Waals surface area contributed by atoms with Crippen molar-refractivity contribution in [3.05, 3.63) is 47.8 Å². The lowest BCUT2D eigenvalue weighted by Crippen LogP contribution is -2.49. The summed E-state index contributed by atoms with van der Waals surface area (Å²) in [6.45, 7) is 3.33. The molecule has 0 bridgehead atoms. The lowest BCUT2D eigenvalue weighted by Gasteiger charge is -2.33. The number of rotatable bonds is 7. The van der Waals surface area contributed by atoms with E-state index in [1.54, 1.807) is 38.2 Å². The molecule has 1 aromatic carbocycles. The first kappa shape index (κ1) is 20.9. The van der Waals surface area contributed by atoms with Crippen molar-refractivity contribution < 1.29 is 19.1 Å². The van der Waals surface area contributed by atoms with Gasteiger partial charge < -0.3 is 19.7 Å². The molecule has 1 aromatic heterocycles. The van der Waals surface area contributed by atoms with Crippen molar-refractivity contribution in [2.24, 2.45) is 7.05 Å². The van der Waals surface area contributed by atoms with Gasteiger partial charge in [-0.25, -0.2) is 0 Å². The first-order valence-electron chi connectivity index (χ1n) is 9.79. The van der Waals surface area contributed by atoms with Crippen LogP contribution in [0.2, 0.25) is 0 Å². The van der Waals surface area contributed by atoms with Crippen LogP contribution in [0.5, 0.6) is 5.75 Å². The summed E-state index contributed by atoms with van der Waals surface area (Å²) in [6, 6.07) is 7.66. The van der Waals surface area contributed by atoms with Crippen LogP contribution in [0.3, 0.4) is 0 Å². The summed E-state index contributed by atoms with van der Waals surface area (Å²) in [7, 11) is 3.40. The number of methoxy groups -OCH3 is 1. The topological polar surface area (TPSA) is 85.7 Å². The van der Waals surface area contributed by atoms with Crippen LogP contribution in [-0.4, -0.2) is 58.8 Å². The van der Waals surface area contributed by atoms with Crippen LogP contribution in [0.1, 0.15) is 35.7 Å². The van der Waals surface area contributed by atoms with Gasteiger partial charge in [-0.3, -0.25) is 14.3 Å². The molecule has 8 nitrogen and oxygen atoms in total. The third-order valence-electron chi connectivity index (χ3n) is 5.09.